The summed E-state index contributed by atoms with van der Waals surface area (Å²) in [5, 5.41) is 13.7. The van der Waals surface area contributed by atoms with Gasteiger partial charge in [0.1, 0.15) is 5.75 Å². The molecule has 1 heterocycles. The zero-order chi connectivity index (χ0) is 9.26. The molecule has 2 rings (SSSR count). The molecule has 0 saturated heterocycles. The number of aromatic hydroxyl groups is 1. The molecule has 66 valence electrons. The molecular weight excluding hydrogens is 188 g/mol. The quantitative estimate of drug-likeness (QED) is 0.756. The van der Waals surface area contributed by atoms with Crippen LogP contribution in [-0.2, 0) is 0 Å². The first-order valence-electron chi connectivity index (χ1n) is 3.76. The molecule has 1 aromatic carbocycles. The lowest BCUT2D eigenvalue weighted by molar-refractivity contribution is 0.475. The lowest BCUT2D eigenvalue weighted by Gasteiger charge is -2.02. The molecule has 0 aliphatic carbocycles. The van der Waals surface area contributed by atoms with E-state index in [9.17, 15) is 5.11 Å². The molecule has 0 amide bonds. The summed E-state index contributed by atoms with van der Waals surface area (Å²) in [6.45, 7) is 0. The molecule has 1 aromatic heterocycles. The zero-order valence-electron chi connectivity index (χ0n) is 6.68. The van der Waals surface area contributed by atoms with Crippen LogP contribution in [-0.4, -0.2) is 14.9 Å². The van der Waals surface area contributed by atoms with Crippen molar-refractivity contribution in [3.8, 4) is 11.4 Å². The van der Waals surface area contributed by atoms with Gasteiger partial charge in [0.25, 0.3) is 0 Å². The van der Waals surface area contributed by atoms with Crippen molar-refractivity contribution in [2.24, 2.45) is 0 Å². The van der Waals surface area contributed by atoms with Gasteiger partial charge in [-0.2, -0.15) is 5.10 Å². The molecule has 0 aliphatic rings. The Labute approximate surface area is 80.2 Å². The molecule has 3 nitrogen and oxygen atoms in total. The van der Waals surface area contributed by atoms with Crippen molar-refractivity contribution < 1.29 is 5.11 Å². The van der Waals surface area contributed by atoms with Crippen LogP contribution in [0, 0.1) is 0 Å². The van der Waals surface area contributed by atoms with Gasteiger partial charge < -0.3 is 5.11 Å². The molecule has 0 radical (unpaired) electrons. The van der Waals surface area contributed by atoms with E-state index >= 15 is 0 Å². The summed E-state index contributed by atoms with van der Waals surface area (Å²) in [6, 6.07) is 6.80. The molecule has 0 aliphatic heterocycles. The highest BCUT2D eigenvalue weighted by Gasteiger charge is 2.00. The van der Waals surface area contributed by atoms with Crippen molar-refractivity contribution in [2.45, 2.75) is 0 Å². The first-order chi connectivity index (χ1) is 6.27. The first-order valence-corrected chi connectivity index (χ1v) is 4.14. The van der Waals surface area contributed by atoms with Gasteiger partial charge >= 0.3 is 0 Å². The number of nitrogens with zero attached hydrogens (tertiary/aromatic N) is 2. The minimum atomic E-state index is 0.0645. The normalized spacial score (nSPS) is 10.2. The molecule has 0 unspecified atom stereocenters. The minimum absolute atomic E-state index is 0.0645. The standard InChI is InChI=1S/C9H7ClN2O/c10-8-3-2-7(6-9(8)13)12-5-1-4-11-12/h1-6,13H. The number of hydrogen-bond donors (Lipinski definition) is 1. The van der Waals surface area contributed by atoms with Gasteiger partial charge in [-0.15, -0.1) is 0 Å². The molecule has 13 heavy (non-hydrogen) atoms. The molecule has 0 spiro atoms. The fourth-order valence-corrected chi connectivity index (χ4v) is 1.18. The smallest absolute Gasteiger partial charge is 0.136 e. The van der Waals surface area contributed by atoms with Crippen LogP contribution in [0.4, 0.5) is 0 Å². The SMILES string of the molecule is Oc1cc(-n2cccn2)ccc1Cl. The molecule has 2 aromatic rings. The fraction of sp³-hybridized carbons (Fsp3) is 0. The van der Waals surface area contributed by atoms with Crippen LogP contribution in [0.25, 0.3) is 5.69 Å². The summed E-state index contributed by atoms with van der Waals surface area (Å²) in [5.74, 6) is 0.0645. The summed E-state index contributed by atoms with van der Waals surface area (Å²) in [7, 11) is 0. The van der Waals surface area contributed by atoms with Crippen molar-refractivity contribution >= 4 is 11.6 Å². The highest BCUT2D eigenvalue weighted by Crippen LogP contribution is 2.24. The van der Waals surface area contributed by atoms with Gasteiger partial charge in [-0.25, -0.2) is 4.68 Å². The van der Waals surface area contributed by atoms with Crippen molar-refractivity contribution in [1.29, 1.82) is 0 Å². The van der Waals surface area contributed by atoms with Gasteiger partial charge in [0.15, 0.2) is 0 Å². The van der Waals surface area contributed by atoms with E-state index in [1.807, 2.05) is 6.07 Å². The van der Waals surface area contributed by atoms with E-state index in [1.54, 1.807) is 35.3 Å². The van der Waals surface area contributed by atoms with Gasteiger partial charge in [0.05, 0.1) is 10.7 Å². The molecule has 0 fully saturated rings. The number of phenolic OH excluding ortho intramolecular Hbond substituents is 1. The molecule has 0 saturated carbocycles. The Kier molecular flexibility index (Phi) is 1.94. The van der Waals surface area contributed by atoms with Gasteiger partial charge in [-0.05, 0) is 18.2 Å². The number of aromatic nitrogens is 2. The summed E-state index contributed by atoms with van der Waals surface area (Å²) in [4.78, 5) is 0. The second kappa shape index (κ2) is 3.11. The summed E-state index contributed by atoms with van der Waals surface area (Å²) < 4.78 is 1.65. The van der Waals surface area contributed by atoms with Gasteiger partial charge in [-0.1, -0.05) is 11.6 Å². The predicted octanol–water partition coefficient (Wildman–Crippen LogP) is 2.23. The highest BCUT2D eigenvalue weighted by molar-refractivity contribution is 6.32. The van der Waals surface area contributed by atoms with Crippen LogP contribution in [0.2, 0.25) is 5.02 Å². The Hall–Kier alpha value is -1.48. The van der Waals surface area contributed by atoms with Crippen molar-refractivity contribution in [1.82, 2.24) is 9.78 Å². The third-order valence-electron chi connectivity index (χ3n) is 1.70. The van der Waals surface area contributed by atoms with Crippen LogP contribution in [0.3, 0.4) is 0 Å². The van der Waals surface area contributed by atoms with E-state index in [1.165, 1.54) is 0 Å². The Bertz CT molecular complexity index is 412. The molecule has 0 bridgehead atoms. The number of benzene rings is 1. The van der Waals surface area contributed by atoms with Crippen molar-refractivity contribution in [2.75, 3.05) is 0 Å². The average Bonchev–Trinajstić information content (AvgIpc) is 2.62. The van der Waals surface area contributed by atoms with E-state index in [2.05, 4.69) is 5.10 Å². The number of halogens is 1. The van der Waals surface area contributed by atoms with Crippen molar-refractivity contribution in [3.05, 3.63) is 41.7 Å². The lowest BCUT2D eigenvalue weighted by atomic mass is 10.3. The van der Waals surface area contributed by atoms with E-state index in [-0.39, 0.29) is 5.75 Å². The van der Waals surface area contributed by atoms with Crippen molar-refractivity contribution in [3.63, 3.8) is 0 Å². The lowest BCUT2D eigenvalue weighted by Crippen LogP contribution is -1.92. The number of rotatable bonds is 1. The minimum Gasteiger partial charge on any atom is -0.506 e. The number of phenols is 1. The second-order valence-corrected chi connectivity index (χ2v) is 2.99. The maximum absolute atomic E-state index is 9.33. The predicted molar refractivity (Wildman–Crippen MR) is 50.2 cm³/mol. The van der Waals surface area contributed by atoms with E-state index in [0.717, 1.165) is 5.69 Å². The maximum Gasteiger partial charge on any atom is 0.136 e. The van der Waals surface area contributed by atoms with Crippen LogP contribution in [0.1, 0.15) is 0 Å². The first kappa shape index (κ1) is 8.13. The maximum atomic E-state index is 9.33. The summed E-state index contributed by atoms with van der Waals surface area (Å²) >= 11 is 5.66. The third-order valence-corrected chi connectivity index (χ3v) is 2.02. The van der Waals surface area contributed by atoms with E-state index < -0.39 is 0 Å². The third kappa shape index (κ3) is 1.51. The summed E-state index contributed by atoms with van der Waals surface area (Å²) in [6.07, 6.45) is 3.47. The Morgan fingerprint density at radius 2 is 2.23 bits per heavy atom. The van der Waals surface area contributed by atoms with Crippen LogP contribution >= 0.6 is 11.6 Å². The highest BCUT2D eigenvalue weighted by atomic mass is 35.5. The fourth-order valence-electron chi connectivity index (χ4n) is 1.07. The van der Waals surface area contributed by atoms with Gasteiger partial charge in [0.2, 0.25) is 0 Å². The van der Waals surface area contributed by atoms with E-state index in [4.69, 9.17) is 11.6 Å². The van der Waals surface area contributed by atoms with Gasteiger partial charge in [-0.3, -0.25) is 0 Å². The van der Waals surface area contributed by atoms with E-state index in [0.29, 0.717) is 5.02 Å². The Balaban J connectivity index is 2.49. The molecule has 0 atom stereocenters. The summed E-state index contributed by atoms with van der Waals surface area (Å²) in [5.41, 5.74) is 0.784. The zero-order valence-corrected chi connectivity index (χ0v) is 7.44. The monoisotopic (exact) mass is 194 g/mol. The second-order valence-electron chi connectivity index (χ2n) is 2.59. The Morgan fingerprint density at radius 1 is 1.38 bits per heavy atom. The Morgan fingerprint density at radius 3 is 2.85 bits per heavy atom. The van der Waals surface area contributed by atoms with Crippen LogP contribution in [0.15, 0.2) is 36.7 Å². The topological polar surface area (TPSA) is 38.0 Å². The van der Waals surface area contributed by atoms with Crippen LogP contribution in [0.5, 0.6) is 5.75 Å². The van der Waals surface area contributed by atoms with Gasteiger partial charge in [0, 0.05) is 18.5 Å². The average molecular weight is 195 g/mol. The molecular formula is C9H7ClN2O. The molecule has 4 heteroatoms. The molecule has 1 N–H and O–H groups in total. The van der Waals surface area contributed by atoms with Crippen LogP contribution < -0.4 is 0 Å². The number of hydrogen-bond acceptors (Lipinski definition) is 2. The largest absolute Gasteiger partial charge is 0.506 e.